The first-order valence-corrected chi connectivity index (χ1v) is 18.5. The maximum Gasteiger partial charge on any atom is 2.00 e. The molecule has 0 aliphatic heterocycles. The van der Waals surface area contributed by atoms with Gasteiger partial charge < -0.3 is 48.2 Å². The van der Waals surface area contributed by atoms with Crippen LogP contribution in [0.2, 0.25) is 0 Å². The van der Waals surface area contributed by atoms with Crippen molar-refractivity contribution in [1.82, 2.24) is 0 Å². The van der Waals surface area contributed by atoms with Gasteiger partial charge >= 0.3 is 35.2 Å². The third-order valence-corrected chi connectivity index (χ3v) is 9.65. The van der Waals surface area contributed by atoms with Crippen LogP contribution < -0.4 is 39.0 Å². The summed E-state index contributed by atoms with van der Waals surface area (Å²) in [4.78, 5) is 50.7. The van der Waals surface area contributed by atoms with E-state index < -0.39 is 36.0 Å². The van der Waals surface area contributed by atoms with Crippen molar-refractivity contribution in [2.45, 2.75) is 91.3 Å². The van der Waals surface area contributed by atoms with E-state index in [1.54, 1.807) is 102 Å². The van der Waals surface area contributed by atoms with E-state index in [4.69, 9.17) is 28.4 Å². The van der Waals surface area contributed by atoms with Crippen molar-refractivity contribution in [2.24, 2.45) is 23.7 Å². The molecular formula is C40H56MgN2O12. The Morgan fingerprint density at radius 1 is 0.545 bits per heavy atom. The molecule has 0 atom stereocenters. The largest absolute Gasteiger partial charge is 2.00 e. The summed E-state index contributed by atoms with van der Waals surface area (Å²) in [7, 11) is 6.21. The first-order valence-electron chi connectivity index (χ1n) is 18.5. The number of carboxylic acid groups (broad SMARTS) is 2. The first kappa shape index (κ1) is 47.0. The molecule has 0 unspecified atom stereocenters. The zero-order valence-electron chi connectivity index (χ0n) is 33.5. The molecule has 2 aromatic rings. The second-order valence-corrected chi connectivity index (χ2v) is 14.3. The predicted octanol–water partition coefficient (Wildman–Crippen LogP) is 4.84. The van der Waals surface area contributed by atoms with E-state index in [0.717, 1.165) is 25.7 Å². The molecule has 14 nitrogen and oxygen atoms in total. The summed E-state index contributed by atoms with van der Waals surface area (Å²) in [5.74, 6) is -0.0676. The average Bonchev–Trinajstić information content (AvgIpc) is 3.15. The van der Waals surface area contributed by atoms with Gasteiger partial charge in [-0.15, -0.1) is 0 Å². The molecule has 2 aromatic carbocycles. The zero-order valence-corrected chi connectivity index (χ0v) is 34.9. The maximum atomic E-state index is 12.7. The van der Waals surface area contributed by atoms with Gasteiger partial charge in [-0.3, -0.25) is 9.80 Å². The molecule has 2 fully saturated rings. The number of carboxylic acids is 2. The van der Waals surface area contributed by atoms with E-state index in [-0.39, 0.29) is 47.1 Å². The van der Waals surface area contributed by atoms with E-state index in [2.05, 4.69) is 0 Å². The van der Waals surface area contributed by atoms with Crippen LogP contribution in [0.15, 0.2) is 36.4 Å². The van der Waals surface area contributed by atoms with Gasteiger partial charge in [0.2, 0.25) is 0 Å². The number of amides is 2. The van der Waals surface area contributed by atoms with Gasteiger partial charge in [-0.1, -0.05) is 0 Å². The van der Waals surface area contributed by atoms with Crippen LogP contribution in [0.25, 0.3) is 0 Å². The number of carbonyl (C=O) groups is 4. The summed E-state index contributed by atoms with van der Waals surface area (Å²) < 4.78 is 32.1. The molecule has 0 heterocycles. The Morgan fingerprint density at radius 3 is 1.04 bits per heavy atom. The second kappa shape index (κ2) is 23.1. The second-order valence-electron chi connectivity index (χ2n) is 14.3. The molecule has 0 aromatic heterocycles. The fourth-order valence-electron chi connectivity index (χ4n) is 6.68. The summed E-state index contributed by atoms with van der Waals surface area (Å²) in [6.07, 6.45) is 3.81. The van der Waals surface area contributed by atoms with Crippen molar-refractivity contribution in [3.05, 3.63) is 36.4 Å². The first-order chi connectivity index (χ1) is 25.7. The number of carbonyl (C=O) groups excluding carboxylic acids is 4. The van der Waals surface area contributed by atoms with E-state index >= 15 is 0 Å². The molecule has 4 rings (SSSR count). The molecule has 0 bridgehead atoms. The summed E-state index contributed by atoms with van der Waals surface area (Å²) in [5, 5.41) is 22.1. The van der Waals surface area contributed by atoms with Crippen molar-refractivity contribution in [1.29, 1.82) is 0 Å². The normalized spacial score (nSPS) is 19.1. The Labute approximate surface area is 340 Å². The molecule has 0 saturated heterocycles. The third-order valence-electron chi connectivity index (χ3n) is 9.65. The van der Waals surface area contributed by atoms with Crippen molar-refractivity contribution in [2.75, 3.05) is 51.3 Å². The number of benzene rings is 2. The smallest absolute Gasteiger partial charge is 0.550 e. The number of anilines is 2. The average molecular weight is 781 g/mol. The van der Waals surface area contributed by atoms with Crippen LogP contribution in [-0.4, -0.2) is 101 Å². The number of rotatable bonds is 14. The molecule has 2 aliphatic carbocycles. The predicted molar refractivity (Wildman–Crippen MR) is 204 cm³/mol. The van der Waals surface area contributed by atoms with Crippen LogP contribution in [0, 0.1) is 23.7 Å². The monoisotopic (exact) mass is 780 g/mol. The number of ether oxygens (including phenoxy) is 6. The quantitative estimate of drug-likeness (QED) is 0.239. The Bertz CT molecular complexity index is 1380. The fourth-order valence-corrected chi connectivity index (χ4v) is 6.68. The molecule has 2 saturated carbocycles. The Morgan fingerprint density at radius 2 is 0.818 bits per heavy atom. The van der Waals surface area contributed by atoms with Gasteiger partial charge in [-0.25, -0.2) is 9.59 Å². The number of hydrogen-bond acceptors (Lipinski definition) is 12. The van der Waals surface area contributed by atoms with Gasteiger partial charge in [0.15, 0.2) is 0 Å². The minimum atomic E-state index is -0.984. The standard InChI is InChI=1S/2C20H29NO6.Mg/c2*1-13(2)27-20(24)21(12-14-5-7-15(8-6-14)19(22)23)16-9-17(25-3)11-18(10-16)26-4;/h2*9-11,13-15H,5-8,12H2,1-4H3,(H,22,23);/q;;+2/p-2/t14-,15-;;. The fraction of sp³-hybridized carbons (Fsp3) is 0.600. The van der Waals surface area contributed by atoms with Crippen LogP contribution >= 0.6 is 0 Å². The molecular weight excluding hydrogens is 725 g/mol. The molecule has 300 valence electrons. The number of methoxy groups -OCH3 is 4. The molecule has 55 heavy (non-hydrogen) atoms. The van der Waals surface area contributed by atoms with Gasteiger partial charge in [-0.05, 0) is 103 Å². The van der Waals surface area contributed by atoms with Gasteiger partial charge in [0.05, 0.1) is 52.0 Å². The number of hydrogen-bond donors (Lipinski definition) is 0. The topological polar surface area (TPSA) is 176 Å². The molecule has 2 amide bonds. The van der Waals surface area contributed by atoms with Gasteiger partial charge in [0.1, 0.15) is 23.0 Å². The summed E-state index contributed by atoms with van der Waals surface area (Å²) in [6, 6.07) is 10.5. The van der Waals surface area contributed by atoms with Crippen LogP contribution in [0.5, 0.6) is 23.0 Å². The Kier molecular flexibility index (Phi) is 19.7. The molecule has 0 spiro atoms. The Balaban J connectivity index is 0.000000373. The summed E-state index contributed by atoms with van der Waals surface area (Å²) in [5.41, 5.74) is 1.25. The van der Waals surface area contributed by atoms with Gasteiger partial charge in [-0.2, -0.15) is 0 Å². The van der Waals surface area contributed by atoms with Crippen molar-refractivity contribution < 1.29 is 57.8 Å². The molecule has 2 aliphatic rings. The van der Waals surface area contributed by atoms with E-state index in [1.165, 1.54) is 0 Å². The minimum absolute atomic E-state index is 0. The van der Waals surface area contributed by atoms with Crippen LogP contribution in [0.3, 0.4) is 0 Å². The SMILES string of the molecule is COc1cc(OC)cc(N(CC2CCC(C(=O)[O-])CC2)C(=O)OC(C)C)c1.COc1cc(OC)cc(N(C[C@H]2CC[C@H](C(=O)[O-])CC2)C(=O)OC(C)C)c1.[Mg+2]. The van der Waals surface area contributed by atoms with Gasteiger partial charge in [0.25, 0.3) is 0 Å². The van der Waals surface area contributed by atoms with Crippen LogP contribution in [0.4, 0.5) is 21.0 Å². The van der Waals surface area contributed by atoms with Crippen LogP contribution in [-0.2, 0) is 19.1 Å². The molecule has 0 radical (unpaired) electrons. The Hall–Kier alpha value is -4.11. The van der Waals surface area contributed by atoms with Crippen molar-refractivity contribution in [3.63, 3.8) is 0 Å². The zero-order chi connectivity index (χ0) is 39.9. The van der Waals surface area contributed by atoms with E-state index in [1.807, 2.05) is 0 Å². The number of aliphatic carboxylic acids is 2. The molecule has 15 heteroatoms. The van der Waals surface area contributed by atoms with E-state index in [0.29, 0.717) is 73.1 Å². The number of nitrogens with zero attached hydrogens (tertiary/aromatic N) is 2. The third kappa shape index (κ3) is 14.8. The van der Waals surface area contributed by atoms with E-state index in [9.17, 15) is 29.4 Å². The molecule has 0 N–H and O–H groups in total. The van der Waals surface area contributed by atoms with Crippen molar-refractivity contribution >= 4 is 58.6 Å². The summed E-state index contributed by atoms with van der Waals surface area (Å²) in [6.45, 7) is 8.09. The van der Waals surface area contributed by atoms with Crippen molar-refractivity contribution in [3.8, 4) is 23.0 Å². The minimum Gasteiger partial charge on any atom is -0.550 e. The maximum absolute atomic E-state index is 12.7. The van der Waals surface area contributed by atoms with Gasteiger partial charge in [0, 0.05) is 61.4 Å². The van der Waals surface area contributed by atoms with Crippen LogP contribution in [0.1, 0.15) is 79.1 Å². The summed E-state index contributed by atoms with van der Waals surface area (Å²) >= 11 is 0.